The number of likely N-dealkylation sites (N-methyl/N-ethyl adjacent to an activating group) is 1. The monoisotopic (exact) mass is 275 g/mol. The van der Waals surface area contributed by atoms with E-state index >= 15 is 0 Å². The highest BCUT2D eigenvalue weighted by Gasteiger charge is 2.23. The van der Waals surface area contributed by atoms with E-state index in [9.17, 15) is 0 Å². The van der Waals surface area contributed by atoms with Crippen LogP contribution in [0.25, 0.3) is 0 Å². The maximum absolute atomic E-state index is 6.44. The minimum Gasteiger partial charge on any atom is -0.369 e. The standard InChI is InChI=1S/C18H29NO/c1-4-19-13-18(16-9-5-7-14(2)11-16)20-17-10-6-8-15(3)12-17/h5,7,9,11,15,17-19H,4,6,8,10,12-13H2,1-3H3. The molecule has 0 saturated heterocycles. The van der Waals surface area contributed by atoms with Gasteiger partial charge in [0.05, 0.1) is 12.2 Å². The number of hydrogen-bond acceptors (Lipinski definition) is 2. The average Bonchev–Trinajstić information content (AvgIpc) is 2.43. The lowest BCUT2D eigenvalue weighted by molar-refractivity contribution is -0.0393. The Bertz CT molecular complexity index is 404. The van der Waals surface area contributed by atoms with Gasteiger partial charge < -0.3 is 10.1 Å². The second-order valence-corrected chi connectivity index (χ2v) is 6.24. The van der Waals surface area contributed by atoms with Crippen molar-refractivity contribution in [3.63, 3.8) is 0 Å². The van der Waals surface area contributed by atoms with Gasteiger partial charge in [-0.15, -0.1) is 0 Å². The maximum Gasteiger partial charge on any atom is 0.0953 e. The first-order valence-electron chi connectivity index (χ1n) is 8.11. The third-order valence-corrected chi connectivity index (χ3v) is 4.24. The van der Waals surface area contributed by atoms with Crippen LogP contribution in [0.3, 0.4) is 0 Å². The molecule has 2 rings (SSSR count). The van der Waals surface area contributed by atoms with Crippen molar-refractivity contribution in [1.82, 2.24) is 5.32 Å². The molecule has 2 heteroatoms. The zero-order valence-electron chi connectivity index (χ0n) is 13.2. The number of rotatable bonds is 6. The lowest BCUT2D eigenvalue weighted by Crippen LogP contribution is -2.29. The van der Waals surface area contributed by atoms with Crippen LogP contribution >= 0.6 is 0 Å². The molecule has 112 valence electrons. The van der Waals surface area contributed by atoms with Gasteiger partial charge in [-0.1, -0.05) is 56.5 Å². The molecule has 1 aromatic carbocycles. The molecule has 3 atom stereocenters. The van der Waals surface area contributed by atoms with Crippen LogP contribution in [0, 0.1) is 12.8 Å². The summed E-state index contributed by atoms with van der Waals surface area (Å²) in [5, 5.41) is 3.44. The highest BCUT2D eigenvalue weighted by Crippen LogP contribution is 2.30. The van der Waals surface area contributed by atoms with Crippen molar-refractivity contribution < 1.29 is 4.74 Å². The van der Waals surface area contributed by atoms with Gasteiger partial charge in [-0.3, -0.25) is 0 Å². The molecule has 1 fully saturated rings. The highest BCUT2D eigenvalue weighted by molar-refractivity contribution is 5.24. The fourth-order valence-electron chi connectivity index (χ4n) is 3.12. The minimum absolute atomic E-state index is 0.185. The lowest BCUT2D eigenvalue weighted by atomic mass is 9.88. The van der Waals surface area contributed by atoms with Crippen molar-refractivity contribution in [1.29, 1.82) is 0 Å². The van der Waals surface area contributed by atoms with Crippen molar-refractivity contribution in [2.75, 3.05) is 13.1 Å². The molecule has 3 unspecified atom stereocenters. The molecular formula is C18H29NO. The van der Waals surface area contributed by atoms with Crippen LogP contribution in [0.2, 0.25) is 0 Å². The Balaban J connectivity index is 2.03. The van der Waals surface area contributed by atoms with Gasteiger partial charge in [-0.2, -0.15) is 0 Å². The largest absolute Gasteiger partial charge is 0.369 e. The Morgan fingerprint density at radius 3 is 2.90 bits per heavy atom. The van der Waals surface area contributed by atoms with E-state index in [1.165, 1.54) is 36.8 Å². The molecule has 20 heavy (non-hydrogen) atoms. The van der Waals surface area contributed by atoms with Crippen LogP contribution in [0.4, 0.5) is 0 Å². The average molecular weight is 275 g/mol. The summed E-state index contributed by atoms with van der Waals surface area (Å²) >= 11 is 0. The molecule has 0 bridgehead atoms. The first kappa shape index (κ1) is 15.5. The molecule has 0 heterocycles. The van der Waals surface area contributed by atoms with Gasteiger partial charge in [0.1, 0.15) is 0 Å². The van der Waals surface area contributed by atoms with Crippen LogP contribution in [0.1, 0.15) is 56.8 Å². The summed E-state index contributed by atoms with van der Waals surface area (Å²) in [5.41, 5.74) is 2.62. The van der Waals surface area contributed by atoms with Gasteiger partial charge in [-0.05, 0) is 37.8 Å². The Labute approximate surface area is 123 Å². The summed E-state index contributed by atoms with van der Waals surface area (Å²) in [4.78, 5) is 0. The van der Waals surface area contributed by atoms with Crippen LogP contribution in [0.5, 0.6) is 0 Å². The van der Waals surface area contributed by atoms with Crippen LogP contribution in [-0.4, -0.2) is 19.2 Å². The first-order chi connectivity index (χ1) is 9.69. The van der Waals surface area contributed by atoms with Gasteiger partial charge in [0, 0.05) is 6.54 Å². The number of ether oxygens (including phenoxy) is 1. The van der Waals surface area contributed by atoms with Crippen molar-refractivity contribution in [3.8, 4) is 0 Å². The van der Waals surface area contributed by atoms with E-state index in [1.54, 1.807) is 0 Å². The SMILES string of the molecule is CCNCC(OC1CCCC(C)C1)c1cccc(C)c1. The normalized spacial score (nSPS) is 24.6. The smallest absolute Gasteiger partial charge is 0.0953 e. The van der Waals surface area contributed by atoms with Gasteiger partial charge in [0.25, 0.3) is 0 Å². The van der Waals surface area contributed by atoms with Gasteiger partial charge in [0.2, 0.25) is 0 Å². The molecule has 1 aliphatic carbocycles. The predicted octanol–water partition coefficient (Wildman–Crippen LogP) is 4.24. The van der Waals surface area contributed by atoms with Crippen molar-refractivity contribution in [2.45, 2.75) is 58.7 Å². The summed E-state index contributed by atoms with van der Waals surface area (Å²) in [7, 11) is 0. The van der Waals surface area contributed by atoms with E-state index in [2.05, 4.69) is 50.4 Å². The summed E-state index contributed by atoms with van der Waals surface area (Å²) < 4.78 is 6.44. The predicted molar refractivity (Wildman–Crippen MR) is 85.0 cm³/mol. The molecule has 0 spiro atoms. The lowest BCUT2D eigenvalue weighted by Gasteiger charge is -2.31. The fraction of sp³-hybridized carbons (Fsp3) is 0.667. The molecule has 0 amide bonds. The molecule has 1 N–H and O–H groups in total. The molecule has 0 aromatic heterocycles. The van der Waals surface area contributed by atoms with Crippen LogP contribution in [-0.2, 0) is 4.74 Å². The third kappa shape index (κ3) is 4.60. The van der Waals surface area contributed by atoms with E-state index in [1.807, 2.05) is 0 Å². The summed E-state index contributed by atoms with van der Waals surface area (Å²) in [6, 6.07) is 8.74. The quantitative estimate of drug-likeness (QED) is 0.838. The number of nitrogens with one attached hydrogen (secondary N) is 1. The topological polar surface area (TPSA) is 21.3 Å². The molecular weight excluding hydrogens is 246 g/mol. The number of aryl methyl sites for hydroxylation is 1. The first-order valence-corrected chi connectivity index (χ1v) is 8.11. The van der Waals surface area contributed by atoms with Gasteiger partial charge in [-0.25, -0.2) is 0 Å². The van der Waals surface area contributed by atoms with Crippen LogP contribution in [0.15, 0.2) is 24.3 Å². The number of hydrogen-bond donors (Lipinski definition) is 1. The van der Waals surface area contributed by atoms with Gasteiger partial charge >= 0.3 is 0 Å². The van der Waals surface area contributed by atoms with E-state index in [-0.39, 0.29) is 6.10 Å². The summed E-state index contributed by atoms with van der Waals surface area (Å²) in [5.74, 6) is 0.811. The van der Waals surface area contributed by atoms with Crippen molar-refractivity contribution in [3.05, 3.63) is 35.4 Å². The zero-order valence-corrected chi connectivity index (χ0v) is 13.2. The van der Waals surface area contributed by atoms with Gasteiger partial charge in [0.15, 0.2) is 0 Å². The Hall–Kier alpha value is -0.860. The Morgan fingerprint density at radius 2 is 2.20 bits per heavy atom. The minimum atomic E-state index is 0.185. The number of benzene rings is 1. The van der Waals surface area contributed by atoms with Crippen LogP contribution < -0.4 is 5.32 Å². The fourth-order valence-corrected chi connectivity index (χ4v) is 3.12. The third-order valence-electron chi connectivity index (χ3n) is 4.24. The summed E-state index contributed by atoms with van der Waals surface area (Å²) in [6.07, 6.45) is 5.73. The maximum atomic E-state index is 6.44. The summed E-state index contributed by atoms with van der Waals surface area (Å²) in [6.45, 7) is 8.55. The highest BCUT2D eigenvalue weighted by atomic mass is 16.5. The van der Waals surface area contributed by atoms with E-state index in [0.29, 0.717) is 6.10 Å². The molecule has 1 saturated carbocycles. The second-order valence-electron chi connectivity index (χ2n) is 6.24. The molecule has 1 aliphatic rings. The Morgan fingerprint density at radius 1 is 1.35 bits per heavy atom. The molecule has 2 nitrogen and oxygen atoms in total. The Kier molecular flexibility index (Phi) is 6.06. The van der Waals surface area contributed by atoms with E-state index in [4.69, 9.17) is 4.74 Å². The van der Waals surface area contributed by atoms with Crippen molar-refractivity contribution >= 4 is 0 Å². The van der Waals surface area contributed by atoms with E-state index < -0.39 is 0 Å². The van der Waals surface area contributed by atoms with Crippen molar-refractivity contribution in [2.24, 2.45) is 5.92 Å². The molecule has 1 aromatic rings. The zero-order chi connectivity index (χ0) is 14.4. The van der Waals surface area contributed by atoms with E-state index in [0.717, 1.165) is 19.0 Å². The second kappa shape index (κ2) is 7.80. The molecule has 0 aliphatic heterocycles. The molecule has 0 radical (unpaired) electrons.